The Morgan fingerprint density at radius 3 is 2.61 bits per heavy atom. The first-order valence-corrected chi connectivity index (χ1v) is 10.9. The molecule has 2 aliphatic heterocycles. The van der Waals surface area contributed by atoms with E-state index < -0.39 is 0 Å². The number of anilines is 1. The van der Waals surface area contributed by atoms with Crippen molar-refractivity contribution in [1.29, 1.82) is 0 Å². The summed E-state index contributed by atoms with van der Waals surface area (Å²) in [6.45, 7) is 0.765. The normalized spacial score (nSPS) is 24.0. The minimum Gasteiger partial charge on any atom is -0.371 e. The van der Waals surface area contributed by atoms with E-state index in [1.807, 2.05) is 72.8 Å². The SMILES string of the molecule is O=C(Nc1cccc2ccccc12)NC1COC2C1OCC2n1nnnc1-c1ccccc1. The van der Waals surface area contributed by atoms with E-state index in [-0.39, 0.29) is 30.3 Å². The molecule has 33 heavy (non-hydrogen) atoms. The van der Waals surface area contributed by atoms with Gasteiger partial charge in [-0.3, -0.25) is 0 Å². The number of tetrazole rings is 1. The fourth-order valence-electron chi connectivity index (χ4n) is 4.67. The van der Waals surface area contributed by atoms with Crippen LogP contribution in [0.1, 0.15) is 6.04 Å². The van der Waals surface area contributed by atoms with Gasteiger partial charge in [-0.15, -0.1) is 5.10 Å². The molecule has 0 spiro atoms. The number of carbonyl (C=O) groups is 1. The average molecular weight is 442 g/mol. The van der Waals surface area contributed by atoms with Crippen molar-refractivity contribution in [2.45, 2.75) is 24.3 Å². The number of hydrogen-bond donors (Lipinski definition) is 2. The third-order valence-corrected chi connectivity index (χ3v) is 6.22. The van der Waals surface area contributed by atoms with Gasteiger partial charge in [0.25, 0.3) is 0 Å². The lowest BCUT2D eigenvalue weighted by molar-refractivity contribution is 0.0624. The van der Waals surface area contributed by atoms with E-state index in [9.17, 15) is 4.79 Å². The minimum absolute atomic E-state index is 0.173. The summed E-state index contributed by atoms with van der Waals surface area (Å²) in [4.78, 5) is 12.8. The summed E-state index contributed by atoms with van der Waals surface area (Å²) in [6, 6.07) is 22.8. The molecule has 4 unspecified atom stereocenters. The van der Waals surface area contributed by atoms with E-state index in [1.165, 1.54) is 0 Å². The highest BCUT2D eigenvalue weighted by molar-refractivity contribution is 6.01. The van der Waals surface area contributed by atoms with Gasteiger partial charge in [-0.1, -0.05) is 66.7 Å². The molecule has 2 amide bonds. The van der Waals surface area contributed by atoms with Gasteiger partial charge < -0.3 is 20.1 Å². The summed E-state index contributed by atoms with van der Waals surface area (Å²) >= 11 is 0. The summed E-state index contributed by atoms with van der Waals surface area (Å²) in [5.74, 6) is 0.665. The highest BCUT2D eigenvalue weighted by atomic mass is 16.6. The maximum Gasteiger partial charge on any atom is 0.319 e. The van der Waals surface area contributed by atoms with Crippen molar-refractivity contribution >= 4 is 22.5 Å². The molecule has 2 aliphatic rings. The molecule has 4 aromatic rings. The number of carbonyl (C=O) groups excluding carboxylic acids is 1. The van der Waals surface area contributed by atoms with Crippen molar-refractivity contribution in [3.63, 3.8) is 0 Å². The molecule has 2 N–H and O–H groups in total. The third kappa shape index (κ3) is 3.61. The van der Waals surface area contributed by atoms with Gasteiger partial charge in [0.1, 0.15) is 18.2 Å². The topological polar surface area (TPSA) is 103 Å². The molecule has 166 valence electrons. The van der Waals surface area contributed by atoms with Gasteiger partial charge in [-0.25, -0.2) is 9.48 Å². The molecular formula is C24H22N6O3. The summed E-state index contributed by atoms with van der Waals surface area (Å²) in [5.41, 5.74) is 1.68. The van der Waals surface area contributed by atoms with Crippen molar-refractivity contribution in [2.24, 2.45) is 0 Å². The molecule has 0 radical (unpaired) electrons. The first kappa shape index (κ1) is 19.8. The first-order chi connectivity index (χ1) is 16.3. The van der Waals surface area contributed by atoms with Crippen LogP contribution in [0.25, 0.3) is 22.2 Å². The number of benzene rings is 3. The number of fused-ring (bicyclic) bond motifs is 2. The van der Waals surface area contributed by atoms with Crippen LogP contribution in [0.3, 0.4) is 0 Å². The molecule has 0 bridgehead atoms. The number of ether oxygens (including phenoxy) is 2. The highest BCUT2D eigenvalue weighted by Crippen LogP contribution is 2.35. The Hall–Kier alpha value is -3.82. The quantitative estimate of drug-likeness (QED) is 0.504. The second-order valence-electron chi connectivity index (χ2n) is 8.21. The predicted octanol–water partition coefficient (Wildman–Crippen LogP) is 3.02. The fourth-order valence-corrected chi connectivity index (χ4v) is 4.67. The molecule has 6 rings (SSSR count). The van der Waals surface area contributed by atoms with Gasteiger partial charge in [-0.2, -0.15) is 0 Å². The number of rotatable bonds is 4. The van der Waals surface area contributed by atoms with Gasteiger partial charge >= 0.3 is 6.03 Å². The third-order valence-electron chi connectivity index (χ3n) is 6.22. The molecule has 2 fully saturated rings. The monoisotopic (exact) mass is 442 g/mol. The van der Waals surface area contributed by atoms with Crippen LogP contribution in [0.4, 0.5) is 10.5 Å². The zero-order chi connectivity index (χ0) is 22.2. The van der Waals surface area contributed by atoms with Crippen LogP contribution in [-0.4, -0.2) is 57.7 Å². The molecule has 9 nitrogen and oxygen atoms in total. The van der Waals surface area contributed by atoms with Gasteiger partial charge in [0.05, 0.1) is 24.9 Å². The molecular weight excluding hydrogens is 420 g/mol. The number of aromatic nitrogens is 4. The molecule has 9 heteroatoms. The predicted molar refractivity (Wildman–Crippen MR) is 122 cm³/mol. The lowest BCUT2D eigenvalue weighted by atomic mass is 10.1. The van der Waals surface area contributed by atoms with Crippen LogP contribution in [0.5, 0.6) is 0 Å². The Morgan fingerprint density at radius 2 is 1.70 bits per heavy atom. The Kier molecular flexibility index (Phi) is 4.97. The molecule has 0 saturated carbocycles. The van der Waals surface area contributed by atoms with Gasteiger partial charge in [0, 0.05) is 10.9 Å². The Labute approximate surface area is 189 Å². The lowest BCUT2D eigenvalue weighted by Gasteiger charge is -2.19. The Morgan fingerprint density at radius 1 is 0.909 bits per heavy atom. The summed E-state index contributed by atoms with van der Waals surface area (Å²) in [5, 5.41) is 20.3. The summed E-state index contributed by atoms with van der Waals surface area (Å²) in [7, 11) is 0. The molecule has 4 atom stereocenters. The summed E-state index contributed by atoms with van der Waals surface area (Å²) in [6.07, 6.45) is -0.528. The zero-order valence-electron chi connectivity index (χ0n) is 17.7. The standard InChI is InChI=1S/C24H22N6O3/c31-24(25-18-12-6-10-15-7-4-5-11-17(15)18)26-19-13-32-22-20(14-33-21(19)22)30-23(27-28-29-30)16-8-2-1-3-9-16/h1-12,19-22H,13-14H2,(H2,25,26,31). The van der Waals surface area contributed by atoms with Gasteiger partial charge in [0.15, 0.2) is 5.82 Å². The number of hydrogen-bond acceptors (Lipinski definition) is 6. The number of amides is 2. The molecule has 1 aromatic heterocycles. The second kappa shape index (κ2) is 8.27. The van der Waals surface area contributed by atoms with E-state index in [0.29, 0.717) is 19.0 Å². The molecule has 2 saturated heterocycles. The van der Waals surface area contributed by atoms with Crippen molar-refractivity contribution in [1.82, 2.24) is 25.5 Å². The van der Waals surface area contributed by atoms with Crippen molar-refractivity contribution in [3.8, 4) is 11.4 Å². The number of nitrogens with zero attached hydrogens (tertiary/aromatic N) is 4. The van der Waals surface area contributed by atoms with Gasteiger partial charge in [-0.05, 0) is 21.9 Å². The maximum absolute atomic E-state index is 12.8. The second-order valence-corrected chi connectivity index (χ2v) is 8.21. The maximum atomic E-state index is 12.8. The van der Waals surface area contributed by atoms with Crippen LogP contribution in [0, 0.1) is 0 Å². The van der Waals surface area contributed by atoms with Crippen LogP contribution in [0.15, 0.2) is 72.8 Å². The number of urea groups is 1. The smallest absolute Gasteiger partial charge is 0.319 e. The highest BCUT2D eigenvalue weighted by Gasteiger charge is 2.50. The minimum atomic E-state index is -0.292. The molecule has 3 aromatic carbocycles. The fraction of sp³-hybridized carbons (Fsp3) is 0.250. The van der Waals surface area contributed by atoms with E-state index in [2.05, 4.69) is 26.2 Å². The largest absolute Gasteiger partial charge is 0.371 e. The van der Waals surface area contributed by atoms with E-state index in [4.69, 9.17) is 9.47 Å². The van der Waals surface area contributed by atoms with Gasteiger partial charge in [0.2, 0.25) is 0 Å². The molecule has 3 heterocycles. The zero-order valence-corrected chi connectivity index (χ0v) is 17.7. The van der Waals surface area contributed by atoms with Crippen LogP contribution >= 0.6 is 0 Å². The van der Waals surface area contributed by atoms with Crippen LogP contribution in [0.2, 0.25) is 0 Å². The van der Waals surface area contributed by atoms with Crippen molar-refractivity contribution in [2.75, 3.05) is 18.5 Å². The van der Waals surface area contributed by atoms with E-state index >= 15 is 0 Å². The van der Waals surface area contributed by atoms with Crippen molar-refractivity contribution < 1.29 is 14.3 Å². The Balaban J connectivity index is 1.16. The summed E-state index contributed by atoms with van der Waals surface area (Å²) < 4.78 is 13.9. The lowest BCUT2D eigenvalue weighted by Crippen LogP contribution is -2.45. The molecule has 0 aliphatic carbocycles. The number of nitrogens with one attached hydrogen (secondary N) is 2. The average Bonchev–Trinajstić information content (AvgIpc) is 3.57. The van der Waals surface area contributed by atoms with E-state index in [0.717, 1.165) is 22.0 Å². The van der Waals surface area contributed by atoms with Crippen LogP contribution < -0.4 is 10.6 Å². The Bertz CT molecular complexity index is 1290. The van der Waals surface area contributed by atoms with Crippen LogP contribution in [-0.2, 0) is 9.47 Å². The van der Waals surface area contributed by atoms with E-state index in [1.54, 1.807) is 4.68 Å². The first-order valence-electron chi connectivity index (χ1n) is 10.9. The van der Waals surface area contributed by atoms with Crippen molar-refractivity contribution in [3.05, 3.63) is 72.8 Å².